The normalized spacial score (nSPS) is 14.6. The summed E-state index contributed by atoms with van der Waals surface area (Å²) in [5.74, 6) is -5.98. The number of nitrogens with two attached hydrogens (primary N) is 3. The minimum atomic E-state index is -1.49. The maximum absolute atomic E-state index is 12.5. The fourth-order valence-corrected chi connectivity index (χ4v) is 2.69. The Bertz CT molecular complexity index is 702. The molecule has 0 heterocycles. The highest BCUT2D eigenvalue weighted by Crippen LogP contribution is 2.06. The summed E-state index contributed by atoms with van der Waals surface area (Å²) < 4.78 is 0. The average molecular weight is 463 g/mol. The van der Waals surface area contributed by atoms with E-state index in [-0.39, 0.29) is 18.1 Å². The molecule has 4 unspecified atom stereocenters. The van der Waals surface area contributed by atoms with Gasteiger partial charge in [-0.2, -0.15) is 12.6 Å². The second-order valence-corrected chi connectivity index (χ2v) is 7.65. The lowest BCUT2D eigenvalue weighted by Crippen LogP contribution is -2.58. The maximum Gasteiger partial charge on any atom is 0.326 e. The first-order chi connectivity index (χ1) is 14.3. The van der Waals surface area contributed by atoms with Crippen molar-refractivity contribution in [3.63, 3.8) is 0 Å². The van der Waals surface area contributed by atoms with Gasteiger partial charge < -0.3 is 38.3 Å². The second kappa shape index (κ2) is 13.4. The van der Waals surface area contributed by atoms with Gasteiger partial charge in [-0.1, -0.05) is 13.8 Å². The molecule has 0 aromatic carbocycles. The summed E-state index contributed by atoms with van der Waals surface area (Å²) in [6.45, 7) is 3.52. The lowest BCUT2D eigenvalue weighted by atomic mass is 10.0. The van der Waals surface area contributed by atoms with Crippen LogP contribution in [0.3, 0.4) is 0 Å². The molecular weight excluding hydrogens is 432 g/mol. The lowest BCUT2D eigenvalue weighted by molar-refractivity contribution is -0.143. The van der Waals surface area contributed by atoms with Gasteiger partial charge in [0.25, 0.3) is 0 Å². The number of hydrogen-bond acceptors (Lipinski definition) is 8. The van der Waals surface area contributed by atoms with Crippen LogP contribution in [0.2, 0.25) is 0 Å². The predicted molar refractivity (Wildman–Crippen MR) is 112 cm³/mol. The molecular formula is C17H30N6O7S. The summed E-state index contributed by atoms with van der Waals surface area (Å²) >= 11 is 3.95. The van der Waals surface area contributed by atoms with E-state index in [4.69, 9.17) is 17.2 Å². The topological polar surface area (TPSA) is 237 Å². The first-order valence-corrected chi connectivity index (χ1v) is 9.98. The summed E-state index contributed by atoms with van der Waals surface area (Å²) in [5.41, 5.74) is 15.6. The number of carbonyl (C=O) groups is 6. The van der Waals surface area contributed by atoms with Crippen LogP contribution in [0.1, 0.15) is 33.1 Å². The third kappa shape index (κ3) is 11.2. The van der Waals surface area contributed by atoms with Crippen molar-refractivity contribution in [1.29, 1.82) is 0 Å². The van der Waals surface area contributed by atoms with Crippen molar-refractivity contribution in [3.05, 3.63) is 0 Å². The van der Waals surface area contributed by atoms with Crippen LogP contribution >= 0.6 is 12.6 Å². The van der Waals surface area contributed by atoms with Gasteiger partial charge in [-0.15, -0.1) is 0 Å². The van der Waals surface area contributed by atoms with Crippen LogP contribution in [0.15, 0.2) is 0 Å². The molecule has 31 heavy (non-hydrogen) atoms. The number of carboxylic acid groups (broad SMARTS) is 1. The zero-order valence-corrected chi connectivity index (χ0v) is 18.2. The van der Waals surface area contributed by atoms with Crippen LogP contribution in [-0.2, 0) is 28.8 Å². The van der Waals surface area contributed by atoms with Crippen molar-refractivity contribution in [2.75, 3.05) is 5.75 Å². The monoisotopic (exact) mass is 462 g/mol. The number of carboxylic acids is 1. The number of nitrogens with one attached hydrogen (secondary N) is 3. The Morgan fingerprint density at radius 1 is 0.806 bits per heavy atom. The molecule has 0 fully saturated rings. The lowest BCUT2D eigenvalue weighted by Gasteiger charge is -2.24. The smallest absolute Gasteiger partial charge is 0.326 e. The fraction of sp³-hybridized carbons (Fsp3) is 0.647. The molecule has 0 radical (unpaired) electrons. The molecule has 0 aliphatic rings. The van der Waals surface area contributed by atoms with E-state index in [1.165, 1.54) is 0 Å². The van der Waals surface area contributed by atoms with Gasteiger partial charge in [0.1, 0.15) is 18.1 Å². The van der Waals surface area contributed by atoms with E-state index in [1.807, 2.05) is 0 Å². The minimum absolute atomic E-state index is 0.0565. The molecule has 0 aromatic heterocycles. The number of thiol groups is 1. The van der Waals surface area contributed by atoms with Gasteiger partial charge in [0.05, 0.1) is 18.9 Å². The molecule has 0 spiro atoms. The summed E-state index contributed by atoms with van der Waals surface area (Å²) in [7, 11) is 0. The maximum atomic E-state index is 12.5. The van der Waals surface area contributed by atoms with Crippen LogP contribution in [0.5, 0.6) is 0 Å². The van der Waals surface area contributed by atoms with Crippen molar-refractivity contribution in [3.8, 4) is 0 Å². The number of carbonyl (C=O) groups excluding carboxylic acids is 5. The summed E-state index contributed by atoms with van der Waals surface area (Å²) in [6.07, 6.45) is -0.947. The van der Waals surface area contributed by atoms with E-state index in [0.717, 1.165) is 0 Å². The molecule has 13 nitrogen and oxygen atoms in total. The van der Waals surface area contributed by atoms with Crippen LogP contribution in [0.4, 0.5) is 0 Å². The number of primary amides is 2. The first-order valence-electron chi connectivity index (χ1n) is 9.35. The predicted octanol–water partition coefficient (Wildman–Crippen LogP) is -3.42. The van der Waals surface area contributed by atoms with E-state index in [1.54, 1.807) is 13.8 Å². The molecule has 176 valence electrons. The van der Waals surface area contributed by atoms with Crippen molar-refractivity contribution in [2.45, 2.75) is 57.3 Å². The van der Waals surface area contributed by atoms with E-state index >= 15 is 0 Å². The van der Waals surface area contributed by atoms with Gasteiger partial charge >= 0.3 is 5.97 Å². The van der Waals surface area contributed by atoms with Crippen LogP contribution in [-0.4, -0.2) is 70.5 Å². The van der Waals surface area contributed by atoms with Gasteiger partial charge in [0.2, 0.25) is 29.5 Å². The number of aliphatic carboxylic acids is 1. The summed E-state index contributed by atoms with van der Waals surface area (Å²) in [4.78, 5) is 70.5. The third-order valence-electron chi connectivity index (χ3n) is 3.93. The molecule has 5 amide bonds. The second-order valence-electron chi connectivity index (χ2n) is 7.28. The van der Waals surface area contributed by atoms with Crippen LogP contribution in [0, 0.1) is 5.92 Å². The molecule has 0 bridgehead atoms. The molecule has 0 aromatic rings. The van der Waals surface area contributed by atoms with E-state index in [2.05, 4.69) is 28.6 Å². The van der Waals surface area contributed by atoms with Gasteiger partial charge in [-0.25, -0.2) is 4.79 Å². The van der Waals surface area contributed by atoms with Gasteiger partial charge in [0.15, 0.2) is 0 Å². The highest BCUT2D eigenvalue weighted by molar-refractivity contribution is 7.80. The molecule has 0 saturated carbocycles. The van der Waals surface area contributed by atoms with Gasteiger partial charge in [-0.05, 0) is 12.3 Å². The van der Waals surface area contributed by atoms with Crippen LogP contribution in [0.25, 0.3) is 0 Å². The standard InChI is InChI=1S/C17H30N6O7S/c1-7(2)3-10(17(29)30)22-15(27)9(5-13(20)25)21-16(28)11(6-31)23-14(26)8(18)4-12(19)24/h7-11,31H,3-6,18H2,1-2H3,(H2,19,24)(H2,20,25)(H,21,28)(H,22,27)(H,23,26)(H,29,30). The Kier molecular flexibility index (Phi) is 12.2. The Morgan fingerprint density at radius 2 is 1.26 bits per heavy atom. The minimum Gasteiger partial charge on any atom is -0.480 e. The van der Waals surface area contributed by atoms with Gasteiger partial charge in [0, 0.05) is 5.75 Å². The fourth-order valence-electron chi connectivity index (χ4n) is 2.43. The van der Waals surface area contributed by atoms with Crippen molar-refractivity contribution < 1.29 is 33.9 Å². The Balaban J connectivity index is 5.29. The van der Waals surface area contributed by atoms with Crippen LogP contribution < -0.4 is 33.2 Å². The molecule has 14 heteroatoms. The zero-order chi connectivity index (χ0) is 24.3. The molecule has 10 N–H and O–H groups in total. The van der Waals surface area contributed by atoms with Gasteiger partial charge in [-0.3, -0.25) is 24.0 Å². The summed E-state index contributed by atoms with van der Waals surface area (Å²) in [5, 5.41) is 16.0. The largest absolute Gasteiger partial charge is 0.480 e. The Morgan fingerprint density at radius 3 is 1.68 bits per heavy atom. The SMILES string of the molecule is CC(C)CC(NC(=O)C(CC(N)=O)NC(=O)C(CS)NC(=O)C(N)CC(N)=O)C(=O)O. The number of amides is 5. The summed E-state index contributed by atoms with van der Waals surface area (Å²) in [6, 6.07) is -5.31. The zero-order valence-electron chi connectivity index (χ0n) is 17.3. The molecule has 0 aliphatic carbocycles. The number of hydrogen-bond donors (Lipinski definition) is 8. The molecule has 0 aliphatic heterocycles. The highest BCUT2D eigenvalue weighted by atomic mass is 32.1. The third-order valence-corrected chi connectivity index (χ3v) is 4.30. The van der Waals surface area contributed by atoms with E-state index in [9.17, 15) is 33.9 Å². The Hall–Kier alpha value is -2.87. The highest BCUT2D eigenvalue weighted by Gasteiger charge is 2.31. The van der Waals surface area contributed by atoms with Crippen molar-refractivity contribution >= 4 is 48.1 Å². The van der Waals surface area contributed by atoms with Crippen molar-refractivity contribution in [1.82, 2.24) is 16.0 Å². The van der Waals surface area contributed by atoms with E-state index < -0.39 is 72.5 Å². The molecule has 4 atom stereocenters. The number of rotatable bonds is 14. The Labute approximate surface area is 184 Å². The average Bonchev–Trinajstić information content (AvgIpc) is 2.62. The van der Waals surface area contributed by atoms with E-state index in [0.29, 0.717) is 0 Å². The molecule has 0 saturated heterocycles. The first kappa shape index (κ1) is 28.1. The van der Waals surface area contributed by atoms with Crippen molar-refractivity contribution in [2.24, 2.45) is 23.1 Å². The quantitative estimate of drug-likeness (QED) is 0.121. The molecule has 0 rings (SSSR count).